The molecule has 0 saturated heterocycles. The van der Waals surface area contributed by atoms with E-state index in [1.807, 2.05) is 30.3 Å². The lowest BCUT2D eigenvalue weighted by Crippen LogP contribution is -2.41. The third-order valence-corrected chi connectivity index (χ3v) is 2.61. The number of carbonyl (C=O) groups excluding carboxylic acids is 2. The average Bonchev–Trinajstić information content (AvgIpc) is 2.39. The highest BCUT2D eigenvalue weighted by Gasteiger charge is 2.20. The van der Waals surface area contributed by atoms with Crippen LogP contribution in [-0.4, -0.2) is 24.5 Å². The fraction of sp³-hybridized carbons (Fsp3) is 0.429. The Hall–Kier alpha value is -1.88. The van der Waals surface area contributed by atoms with Crippen LogP contribution in [0.4, 0.5) is 0 Å². The summed E-state index contributed by atoms with van der Waals surface area (Å²) >= 11 is 0. The van der Waals surface area contributed by atoms with Crippen molar-refractivity contribution in [3.63, 3.8) is 0 Å². The zero-order valence-electron chi connectivity index (χ0n) is 11.3. The number of ether oxygens (including phenoxy) is 1. The zero-order valence-corrected chi connectivity index (χ0v) is 11.3. The summed E-state index contributed by atoms with van der Waals surface area (Å²) in [4.78, 5) is 23.3. The number of hydrogen-bond donors (Lipinski definition) is 2. The number of nitrogens with two attached hydrogens (primary N) is 1. The number of esters is 1. The maximum Gasteiger partial charge on any atom is 0.308 e. The van der Waals surface area contributed by atoms with Crippen molar-refractivity contribution in [2.75, 3.05) is 6.61 Å². The standard InChI is InChI=1S/C14H20N2O3/c1-3-19-13(17)9-12(16-14(18)10(2)15)11-7-5-4-6-8-11/h4-8,10,12H,3,9,15H2,1-2H3,(H,16,18)/t10-,12?/m0/s1. The molecule has 0 aliphatic carbocycles. The van der Waals surface area contributed by atoms with Gasteiger partial charge in [-0.15, -0.1) is 0 Å². The van der Waals surface area contributed by atoms with Gasteiger partial charge in [0.2, 0.25) is 5.91 Å². The van der Waals surface area contributed by atoms with Crippen molar-refractivity contribution >= 4 is 11.9 Å². The molecule has 0 fully saturated rings. The minimum atomic E-state index is -0.617. The predicted octanol–water partition coefficient (Wildman–Crippen LogP) is 1.14. The van der Waals surface area contributed by atoms with Crippen molar-refractivity contribution in [2.24, 2.45) is 5.73 Å². The SMILES string of the molecule is CCOC(=O)CC(NC(=O)[C@H](C)N)c1ccccc1. The van der Waals surface area contributed by atoms with Crippen LogP contribution in [0.5, 0.6) is 0 Å². The van der Waals surface area contributed by atoms with E-state index in [0.29, 0.717) is 6.61 Å². The van der Waals surface area contributed by atoms with Gasteiger partial charge in [-0.25, -0.2) is 0 Å². The van der Waals surface area contributed by atoms with Crippen LogP contribution < -0.4 is 11.1 Å². The van der Waals surface area contributed by atoms with Gasteiger partial charge in [-0.3, -0.25) is 9.59 Å². The largest absolute Gasteiger partial charge is 0.466 e. The van der Waals surface area contributed by atoms with E-state index in [9.17, 15) is 9.59 Å². The summed E-state index contributed by atoms with van der Waals surface area (Å²) in [7, 11) is 0. The van der Waals surface area contributed by atoms with Crippen molar-refractivity contribution in [3.05, 3.63) is 35.9 Å². The first-order valence-electron chi connectivity index (χ1n) is 6.31. The number of rotatable bonds is 6. The fourth-order valence-corrected chi connectivity index (χ4v) is 1.63. The van der Waals surface area contributed by atoms with Gasteiger partial charge in [-0.1, -0.05) is 30.3 Å². The zero-order chi connectivity index (χ0) is 14.3. The van der Waals surface area contributed by atoms with E-state index in [4.69, 9.17) is 10.5 Å². The summed E-state index contributed by atoms with van der Waals surface area (Å²) in [6.07, 6.45) is 0.0936. The molecule has 0 heterocycles. The molecule has 0 aliphatic rings. The van der Waals surface area contributed by atoms with Crippen LogP contribution in [0.1, 0.15) is 31.9 Å². The van der Waals surface area contributed by atoms with Gasteiger partial charge in [-0.2, -0.15) is 0 Å². The smallest absolute Gasteiger partial charge is 0.308 e. The molecular formula is C14H20N2O3. The molecule has 0 bridgehead atoms. The molecule has 2 atom stereocenters. The highest BCUT2D eigenvalue weighted by Crippen LogP contribution is 2.17. The van der Waals surface area contributed by atoms with Gasteiger partial charge in [0, 0.05) is 0 Å². The van der Waals surface area contributed by atoms with Crippen molar-refractivity contribution < 1.29 is 14.3 Å². The maximum atomic E-state index is 11.7. The first kappa shape index (κ1) is 15.2. The van der Waals surface area contributed by atoms with Gasteiger partial charge in [0.05, 0.1) is 25.1 Å². The van der Waals surface area contributed by atoms with Crippen LogP contribution in [-0.2, 0) is 14.3 Å². The second kappa shape index (κ2) is 7.53. The molecule has 1 rings (SSSR count). The Bertz CT molecular complexity index is 418. The third-order valence-electron chi connectivity index (χ3n) is 2.61. The normalized spacial score (nSPS) is 13.4. The highest BCUT2D eigenvalue weighted by atomic mass is 16.5. The van der Waals surface area contributed by atoms with Crippen molar-refractivity contribution in [1.29, 1.82) is 0 Å². The Morgan fingerprint density at radius 1 is 1.32 bits per heavy atom. The van der Waals surface area contributed by atoms with E-state index in [1.165, 1.54) is 0 Å². The summed E-state index contributed by atoms with van der Waals surface area (Å²) in [5.74, 6) is -0.639. The molecule has 0 radical (unpaired) electrons. The Balaban J connectivity index is 2.79. The van der Waals surface area contributed by atoms with Gasteiger partial charge in [0.15, 0.2) is 0 Å². The lowest BCUT2D eigenvalue weighted by atomic mass is 10.0. The van der Waals surface area contributed by atoms with Crippen LogP contribution in [0.25, 0.3) is 0 Å². The van der Waals surface area contributed by atoms with Crippen molar-refractivity contribution in [3.8, 4) is 0 Å². The van der Waals surface area contributed by atoms with E-state index in [2.05, 4.69) is 5.32 Å². The lowest BCUT2D eigenvalue weighted by molar-refractivity contribution is -0.143. The van der Waals surface area contributed by atoms with Crippen molar-refractivity contribution in [1.82, 2.24) is 5.32 Å². The molecule has 1 aromatic carbocycles. The summed E-state index contributed by atoms with van der Waals surface area (Å²) in [5.41, 5.74) is 6.38. The summed E-state index contributed by atoms with van der Waals surface area (Å²) < 4.78 is 4.91. The second-order valence-electron chi connectivity index (χ2n) is 4.27. The van der Waals surface area contributed by atoms with Gasteiger partial charge < -0.3 is 15.8 Å². The Kier molecular flexibility index (Phi) is 6.02. The molecule has 1 amide bonds. The summed E-state index contributed by atoms with van der Waals surface area (Å²) in [6.45, 7) is 3.67. The van der Waals surface area contributed by atoms with Gasteiger partial charge in [0.1, 0.15) is 0 Å². The first-order chi connectivity index (χ1) is 9.04. The maximum absolute atomic E-state index is 11.7. The summed E-state index contributed by atoms with van der Waals surface area (Å²) in [5, 5.41) is 2.76. The van der Waals surface area contributed by atoms with E-state index in [0.717, 1.165) is 5.56 Å². The molecule has 104 valence electrons. The quantitative estimate of drug-likeness (QED) is 0.755. The highest BCUT2D eigenvalue weighted by molar-refractivity contribution is 5.82. The molecule has 1 unspecified atom stereocenters. The third kappa shape index (κ3) is 5.09. The topological polar surface area (TPSA) is 81.4 Å². The molecule has 3 N–H and O–H groups in total. The predicted molar refractivity (Wildman–Crippen MR) is 72.2 cm³/mol. The van der Waals surface area contributed by atoms with Crippen LogP contribution >= 0.6 is 0 Å². The van der Waals surface area contributed by atoms with Gasteiger partial charge >= 0.3 is 5.97 Å². The minimum Gasteiger partial charge on any atom is -0.466 e. The number of benzene rings is 1. The first-order valence-corrected chi connectivity index (χ1v) is 6.31. The minimum absolute atomic E-state index is 0.0936. The molecular weight excluding hydrogens is 244 g/mol. The monoisotopic (exact) mass is 264 g/mol. The van der Waals surface area contributed by atoms with Crippen LogP contribution in [0.2, 0.25) is 0 Å². The molecule has 0 spiro atoms. The van der Waals surface area contributed by atoms with E-state index < -0.39 is 12.1 Å². The molecule has 0 aliphatic heterocycles. The Labute approximate surface area is 113 Å². The van der Waals surface area contributed by atoms with Crippen LogP contribution in [0, 0.1) is 0 Å². The van der Waals surface area contributed by atoms with E-state index in [1.54, 1.807) is 13.8 Å². The van der Waals surface area contributed by atoms with Crippen LogP contribution in [0.15, 0.2) is 30.3 Å². The second-order valence-corrected chi connectivity index (χ2v) is 4.27. The van der Waals surface area contributed by atoms with Gasteiger partial charge in [-0.05, 0) is 19.4 Å². The molecule has 0 aromatic heterocycles. The van der Waals surface area contributed by atoms with Gasteiger partial charge in [0.25, 0.3) is 0 Å². The number of hydrogen-bond acceptors (Lipinski definition) is 4. The lowest BCUT2D eigenvalue weighted by Gasteiger charge is -2.19. The van der Waals surface area contributed by atoms with Crippen LogP contribution in [0.3, 0.4) is 0 Å². The Morgan fingerprint density at radius 2 is 1.95 bits per heavy atom. The van der Waals surface area contributed by atoms with E-state index >= 15 is 0 Å². The molecule has 1 aromatic rings. The number of carbonyl (C=O) groups is 2. The molecule has 5 nitrogen and oxygen atoms in total. The fourth-order valence-electron chi connectivity index (χ4n) is 1.63. The number of amides is 1. The average molecular weight is 264 g/mol. The summed E-state index contributed by atoms with van der Waals surface area (Å²) in [6, 6.07) is 8.25. The molecule has 19 heavy (non-hydrogen) atoms. The Morgan fingerprint density at radius 3 is 2.47 bits per heavy atom. The van der Waals surface area contributed by atoms with E-state index in [-0.39, 0.29) is 18.3 Å². The number of nitrogens with one attached hydrogen (secondary N) is 1. The van der Waals surface area contributed by atoms with Crippen molar-refractivity contribution in [2.45, 2.75) is 32.4 Å². The molecule has 0 saturated carbocycles. The molecule has 5 heteroatoms.